The van der Waals surface area contributed by atoms with Gasteiger partial charge in [-0.1, -0.05) is 60.2 Å². The van der Waals surface area contributed by atoms with E-state index in [9.17, 15) is 0 Å². The summed E-state index contributed by atoms with van der Waals surface area (Å²) in [5, 5.41) is 5.14. The van der Waals surface area contributed by atoms with E-state index in [0.717, 1.165) is 0 Å². The Morgan fingerprint density at radius 2 is 0.912 bits per heavy atom. The SMILES string of the molecule is Cc1cccc(-n2c3ccccc3c3cc(-n4c5ccccc5c5cc(C)ccc54)ccc32)c1. The molecule has 0 atom stereocenters. The molecule has 2 aromatic heterocycles. The fourth-order valence-electron chi connectivity index (χ4n) is 5.51. The lowest BCUT2D eigenvalue weighted by molar-refractivity contribution is 1.16. The minimum Gasteiger partial charge on any atom is -0.309 e. The molecule has 34 heavy (non-hydrogen) atoms. The molecule has 0 unspecified atom stereocenters. The smallest absolute Gasteiger partial charge is 0.0542 e. The van der Waals surface area contributed by atoms with Crippen molar-refractivity contribution in [3.63, 3.8) is 0 Å². The monoisotopic (exact) mass is 436 g/mol. The summed E-state index contributed by atoms with van der Waals surface area (Å²) >= 11 is 0. The van der Waals surface area contributed by atoms with Crippen molar-refractivity contribution in [1.29, 1.82) is 0 Å². The molecule has 0 radical (unpaired) electrons. The van der Waals surface area contributed by atoms with Crippen LogP contribution in [-0.2, 0) is 0 Å². The van der Waals surface area contributed by atoms with Crippen LogP contribution in [0.4, 0.5) is 0 Å². The van der Waals surface area contributed by atoms with Gasteiger partial charge in [-0.3, -0.25) is 0 Å². The first-order chi connectivity index (χ1) is 16.7. The van der Waals surface area contributed by atoms with Crippen molar-refractivity contribution in [1.82, 2.24) is 9.13 Å². The average molecular weight is 437 g/mol. The minimum atomic E-state index is 1.19. The van der Waals surface area contributed by atoms with Crippen molar-refractivity contribution in [2.75, 3.05) is 0 Å². The highest BCUT2D eigenvalue weighted by molar-refractivity contribution is 6.12. The number of hydrogen-bond acceptors (Lipinski definition) is 0. The van der Waals surface area contributed by atoms with Gasteiger partial charge in [0, 0.05) is 32.9 Å². The van der Waals surface area contributed by atoms with Crippen LogP contribution in [0.5, 0.6) is 0 Å². The summed E-state index contributed by atoms with van der Waals surface area (Å²) < 4.78 is 4.79. The third-order valence-corrected chi connectivity index (χ3v) is 7.00. The second-order valence-electron chi connectivity index (χ2n) is 9.27. The number of aromatic nitrogens is 2. The maximum absolute atomic E-state index is 2.41. The van der Waals surface area contributed by atoms with Crippen LogP contribution in [0.25, 0.3) is 55.0 Å². The van der Waals surface area contributed by atoms with Gasteiger partial charge in [0.2, 0.25) is 0 Å². The van der Waals surface area contributed by atoms with Crippen molar-refractivity contribution >= 4 is 43.6 Å². The fraction of sp³-hybridized carbons (Fsp3) is 0.0625. The van der Waals surface area contributed by atoms with E-state index in [4.69, 9.17) is 0 Å². The first kappa shape index (κ1) is 19.2. The number of fused-ring (bicyclic) bond motifs is 6. The molecular weight excluding hydrogens is 412 g/mol. The molecule has 2 nitrogen and oxygen atoms in total. The van der Waals surface area contributed by atoms with Gasteiger partial charge in [0.05, 0.1) is 22.1 Å². The molecule has 2 heterocycles. The van der Waals surface area contributed by atoms with Gasteiger partial charge in [-0.15, -0.1) is 0 Å². The second-order valence-corrected chi connectivity index (χ2v) is 9.27. The van der Waals surface area contributed by atoms with Gasteiger partial charge in [-0.05, 0) is 74.0 Å². The van der Waals surface area contributed by atoms with Crippen LogP contribution in [0.15, 0.2) is 109 Å². The zero-order chi connectivity index (χ0) is 22.8. The Balaban J connectivity index is 1.58. The number of aryl methyl sites for hydroxylation is 2. The van der Waals surface area contributed by atoms with Crippen molar-refractivity contribution in [2.24, 2.45) is 0 Å². The first-order valence-electron chi connectivity index (χ1n) is 11.8. The van der Waals surface area contributed by atoms with E-state index in [1.54, 1.807) is 0 Å². The predicted octanol–water partition coefficient (Wildman–Crippen LogP) is 8.50. The van der Waals surface area contributed by atoms with Crippen LogP contribution >= 0.6 is 0 Å². The Labute approximate surface area is 198 Å². The summed E-state index contributed by atoms with van der Waals surface area (Å²) in [7, 11) is 0. The van der Waals surface area contributed by atoms with Gasteiger partial charge in [0.1, 0.15) is 0 Å². The molecule has 0 aliphatic rings. The lowest BCUT2D eigenvalue weighted by Gasteiger charge is -2.11. The lowest BCUT2D eigenvalue weighted by Crippen LogP contribution is -1.96. The maximum atomic E-state index is 2.41. The molecule has 0 spiro atoms. The Morgan fingerprint density at radius 3 is 1.59 bits per heavy atom. The highest BCUT2D eigenvalue weighted by Gasteiger charge is 2.16. The Morgan fingerprint density at radius 1 is 0.382 bits per heavy atom. The fourth-order valence-corrected chi connectivity index (χ4v) is 5.51. The number of hydrogen-bond donors (Lipinski definition) is 0. The summed E-state index contributed by atoms with van der Waals surface area (Å²) in [6, 6.07) is 39.9. The maximum Gasteiger partial charge on any atom is 0.0542 e. The minimum absolute atomic E-state index is 1.19. The highest BCUT2D eigenvalue weighted by Crippen LogP contribution is 2.37. The number of benzene rings is 5. The Kier molecular flexibility index (Phi) is 4.01. The van der Waals surface area contributed by atoms with Crippen molar-refractivity contribution in [3.05, 3.63) is 120 Å². The van der Waals surface area contributed by atoms with Crippen LogP contribution in [0.1, 0.15) is 11.1 Å². The third-order valence-electron chi connectivity index (χ3n) is 7.00. The van der Waals surface area contributed by atoms with Gasteiger partial charge in [0.25, 0.3) is 0 Å². The normalized spacial score (nSPS) is 11.8. The molecule has 0 fully saturated rings. The van der Waals surface area contributed by atoms with Crippen molar-refractivity contribution in [2.45, 2.75) is 13.8 Å². The molecular formula is C32H24N2. The molecule has 2 heteroatoms. The van der Waals surface area contributed by atoms with Crippen LogP contribution in [0.3, 0.4) is 0 Å². The molecule has 5 aromatic carbocycles. The molecule has 7 rings (SSSR count). The Hall–Kier alpha value is -4.30. The van der Waals surface area contributed by atoms with Crippen LogP contribution in [0, 0.1) is 13.8 Å². The van der Waals surface area contributed by atoms with E-state index >= 15 is 0 Å². The van der Waals surface area contributed by atoms with Gasteiger partial charge in [-0.2, -0.15) is 0 Å². The zero-order valence-corrected chi connectivity index (χ0v) is 19.3. The van der Waals surface area contributed by atoms with Crippen LogP contribution < -0.4 is 0 Å². The van der Waals surface area contributed by atoms with E-state index in [-0.39, 0.29) is 0 Å². The molecule has 0 aliphatic heterocycles. The Bertz CT molecular complexity index is 1880. The summed E-state index contributed by atoms with van der Waals surface area (Å²) in [6.07, 6.45) is 0. The van der Waals surface area contributed by atoms with Crippen LogP contribution in [-0.4, -0.2) is 9.13 Å². The molecule has 0 amide bonds. The molecule has 0 saturated heterocycles. The summed E-state index contributed by atoms with van der Waals surface area (Å²) in [6.45, 7) is 4.32. The molecule has 162 valence electrons. The van der Waals surface area contributed by atoms with E-state index in [1.807, 2.05) is 0 Å². The largest absolute Gasteiger partial charge is 0.309 e. The topological polar surface area (TPSA) is 9.86 Å². The van der Waals surface area contributed by atoms with Gasteiger partial charge >= 0.3 is 0 Å². The average Bonchev–Trinajstić information content (AvgIpc) is 3.36. The van der Waals surface area contributed by atoms with E-state index in [1.165, 1.54) is 66.1 Å². The van der Waals surface area contributed by atoms with Crippen LogP contribution in [0.2, 0.25) is 0 Å². The molecule has 0 saturated carbocycles. The molecule has 7 aromatic rings. The zero-order valence-electron chi connectivity index (χ0n) is 19.3. The van der Waals surface area contributed by atoms with E-state index < -0.39 is 0 Å². The predicted molar refractivity (Wildman–Crippen MR) is 145 cm³/mol. The molecule has 0 N–H and O–H groups in total. The third kappa shape index (κ3) is 2.69. The standard InChI is InChI=1S/C32H24N2/c1-21-8-7-9-23(18-21)33-30-13-6-4-11-26(30)28-20-24(15-17-32(28)33)34-29-12-5-3-10-25(29)27-19-22(2)14-16-31(27)34/h3-20H,1-2H3. The number of para-hydroxylation sites is 2. The first-order valence-corrected chi connectivity index (χ1v) is 11.8. The van der Waals surface area contributed by atoms with Crippen molar-refractivity contribution < 1.29 is 0 Å². The number of rotatable bonds is 2. The molecule has 0 aliphatic carbocycles. The number of nitrogens with zero attached hydrogens (tertiary/aromatic N) is 2. The lowest BCUT2D eigenvalue weighted by atomic mass is 10.1. The quantitative estimate of drug-likeness (QED) is 0.257. The van der Waals surface area contributed by atoms with Gasteiger partial charge < -0.3 is 9.13 Å². The summed E-state index contributed by atoms with van der Waals surface area (Å²) in [4.78, 5) is 0. The van der Waals surface area contributed by atoms with Crippen molar-refractivity contribution in [3.8, 4) is 11.4 Å². The van der Waals surface area contributed by atoms with E-state index in [2.05, 4.69) is 132 Å². The highest BCUT2D eigenvalue weighted by atomic mass is 15.0. The van der Waals surface area contributed by atoms with E-state index in [0.29, 0.717) is 0 Å². The summed E-state index contributed by atoms with van der Waals surface area (Å²) in [5.41, 5.74) is 9.89. The molecule has 0 bridgehead atoms. The summed E-state index contributed by atoms with van der Waals surface area (Å²) in [5.74, 6) is 0. The van der Waals surface area contributed by atoms with Gasteiger partial charge in [-0.25, -0.2) is 0 Å². The second kappa shape index (κ2) is 7.10. The van der Waals surface area contributed by atoms with Gasteiger partial charge in [0.15, 0.2) is 0 Å².